The van der Waals surface area contributed by atoms with Crippen LogP contribution in [0.5, 0.6) is 0 Å². The summed E-state index contributed by atoms with van der Waals surface area (Å²) in [6.07, 6.45) is -4.99. The minimum absolute atomic E-state index is 0.0689. The van der Waals surface area contributed by atoms with Crippen molar-refractivity contribution >= 4 is 17.6 Å². The zero-order valence-electron chi connectivity index (χ0n) is 11.3. The maximum atomic E-state index is 12.1. The van der Waals surface area contributed by atoms with Crippen molar-refractivity contribution in [3.63, 3.8) is 0 Å². The second-order valence-electron chi connectivity index (χ2n) is 4.45. The fourth-order valence-corrected chi connectivity index (χ4v) is 1.75. The summed E-state index contributed by atoms with van der Waals surface area (Å²) < 4.78 is 36.4. The van der Waals surface area contributed by atoms with Crippen molar-refractivity contribution in [2.45, 2.75) is 6.18 Å². The van der Waals surface area contributed by atoms with E-state index in [0.29, 0.717) is 5.56 Å². The Morgan fingerprint density at radius 1 is 1.04 bits per heavy atom. The summed E-state index contributed by atoms with van der Waals surface area (Å²) in [4.78, 5) is 35.5. The van der Waals surface area contributed by atoms with E-state index in [-0.39, 0.29) is 11.4 Å². The Morgan fingerprint density at radius 2 is 1.65 bits per heavy atom. The van der Waals surface area contributed by atoms with Gasteiger partial charge in [-0.1, -0.05) is 12.1 Å². The van der Waals surface area contributed by atoms with Crippen molar-refractivity contribution in [3.05, 3.63) is 52.3 Å². The number of hydrogen-bond acceptors (Lipinski definition) is 3. The first-order valence-electron chi connectivity index (χ1n) is 6.13. The quantitative estimate of drug-likeness (QED) is 0.805. The number of carbonyl (C=O) groups excluding carboxylic acids is 1. The number of anilines is 1. The molecule has 0 fully saturated rings. The summed E-state index contributed by atoms with van der Waals surface area (Å²) >= 11 is 0. The van der Waals surface area contributed by atoms with Crippen LogP contribution in [0.15, 0.2) is 41.2 Å². The lowest BCUT2D eigenvalue weighted by molar-refractivity contribution is -0.167. The molecule has 0 bridgehead atoms. The van der Waals surface area contributed by atoms with Gasteiger partial charge in [0.25, 0.3) is 5.56 Å². The number of amides is 1. The van der Waals surface area contributed by atoms with E-state index in [1.54, 1.807) is 5.32 Å². The van der Waals surface area contributed by atoms with E-state index in [2.05, 4.69) is 4.98 Å². The zero-order valence-corrected chi connectivity index (χ0v) is 11.3. The molecule has 0 unspecified atom stereocenters. The molecule has 1 heterocycles. The molecule has 2 rings (SSSR count). The average molecular weight is 326 g/mol. The number of hydrogen-bond donors (Lipinski definition) is 3. The highest BCUT2D eigenvalue weighted by molar-refractivity contribution is 5.95. The van der Waals surface area contributed by atoms with Gasteiger partial charge in [0.15, 0.2) is 0 Å². The first-order chi connectivity index (χ1) is 10.7. The smallest absolute Gasteiger partial charge is 0.471 e. The maximum Gasteiger partial charge on any atom is 0.471 e. The normalized spacial score (nSPS) is 11.1. The van der Waals surface area contributed by atoms with Crippen LogP contribution in [-0.4, -0.2) is 28.1 Å². The number of halogens is 3. The lowest BCUT2D eigenvalue weighted by Crippen LogP contribution is -2.29. The van der Waals surface area contributed by atoms with E-state index in [9.17, 15) is 27.6 Å². The average Bonchev–Trinajstić information content (AvgIpc) is 2.46. The van der Waals surface area contributed by atoms with Crippen LogP contribution in [0.3, 0.4) is 0 Å². The van der Waals surface area contributed by atoms with Crippen LogP contribution in [0, 0.1) is 0 Å². The lowest BCUT2D eigenvalue weighted by Gasteiger charge is -2.08. The number of rotatable bonds is 3. The summed E-state index contributed by atoms with van der Waals surface area (Å²) in [5.74, 6) is -3.47. The van der Waals surface area contributed by atoms with E-state index < -0.39 is 29.2 Å². The number of nitrogens with one attached hydrogen (secondary N) is 2. The van der Waals surface area contributed by atoms with Gasteiger partial charge >= 0.3 is 18.1 Å². The molecular weight excluding hydrogens is 317 g/mol. The van der Waals surface area contributed by atoms with Gasteiger partial charge < -0.3 is 15.4 Å². The first-order valence-corrected chi connectivity index (χ1v) is 6.13. The number of carbonyl (C=O) groups is 2. The van der Waals surface area contributed by atoms with Gasteiger partial charge in [0.2, 0.25) is 0 Å². The highest BCUT2D eigenvalue weighted by atomic mass is 19.4. The van der Waals surface area contributed by atoms with Gasteiger partial charge in [0, 0.05) is 11.4 Å². The molecule has 0 aliphatic carbocycles. The number of H-pyrrole nitrogens is 1. The SMILES string of the molecule is O=C(O)c1ccc(-c2ccc(NC(=O)C(F)(F)F)cc2)[nH]c1=O. The van der Waals surface area contributed by atoms with E-state index in [4.69, 9.17) is 5.11 Å². The Bertz CT molecular complexity index is 810. The molecule has 0 aliphatic heterocycles. The number of alkyl halides is 3. The molecule has 1 amide bonds. The second-order valence-corrected chi connectivity index (χ2v) is 4.45. The van der Waals surface area contributed by atoms with Crippen molar-refractivity contribution in [1.29, 1.82) is 0 Å². The molecule has 120 valence electrons. The van der Waals surface area contributed by atoms with Crippen LogP contribution in [0.4, 0.5) is 18.9 Å². The van der Waals surface area contributed by atoms with Crippen LogP contribution in [0.2, 0.25) is 0 Å². The van der Waals surface area contributed by atoms with Crippen molar-refractivity contribution in [3.8, 4) is 11.3 Å². The molecule has 3 N–H and O–H groups in total. The zero-order chi connectivity index (χ0) is 17.2. The summed E-state index contributed by atoms with van der Waals surface area (Å²) in [5.41, 5.74) is -0.578. The first kappa shape index (κ1) is 16.3. The van der Waals surface area contributed by atoms with Crippen LogP contribution in [0.25, 0.3) is 11.3 Å². The largest absolute Gasteiger partial charge is 0.477 e. The monoisotopic (exact) mass is 326 g/mol. The molecule has 23 heavy (non-hydrogen) atoms. The molecular formula is C14H9F3N2O4. The van der Waals surface area contributed by atoms with Gasteiger partial charge in [0.1, 0.15) is 5.56 Å². The summed E-state index contributed by atoms with van der Waals surface area (Å²) in [5, 5.41) is 10.4. The van der Waals surface area contributed by atoms with E-state index in [1.807, 2.05) is 0 Å². The number of aromatic nitrogens is 1. The third kappa shape index (κ3) is 3.76. The van der Waals surface area contributed by atoms with Crippen LogP contribution in [0.1, 0.15) is 10.4 Å². The standard InChI is InChI=1S/C14H9F3N2O4/c15-14(16,17)13(23)18-8-3-1-7(2-4-8)10-6-5-9(12(21)22)11(20)19-10/h1-6H,(H,18,23)(H,19,20)(H,21,22). The Balaban J connectivity index is 2.23. The predicted molar refractivity (Wildman–Crippen MR) is 74.1 cm³/mol. The van der Waals surface area contributed by atoms with Crippen molar-refractivity contribution in [2.75, 3.05) is 5.32 Å². The highest BCUT2D eigenvalue weighted by Gasteiger charge is 2.38. The second kappa shape index (κ2) is 5.95. The number of carboxylic acid groups (broad SMARTS) is 1. The Labute approximate surface area is 126 Å². The third-order valence-corrected chi connectivity index (χ3v) is 2.85. The van der Waals surface area contributed by atoms with Gasteiger partial charge in [-0.3, -0.25) is 9.59 Å². The predicted octanol–water partition coefficient (Wildman–Crippen LogP) is 2.24. The molecule has 0 aliphatic rings. The van der Waals surface area contributed by atoms with E-state index in [1.165, 1.54) is 30.3 Å². The number of aromatic carboxylic acids is 1. The van der Waals surface area contributed by atoms with Crippen LogP contribution in [-0.2, 0) is 4.79 Å². The molecule has 0 atom stereocenters. The highest BCUT2D eigenvalue weighted by Crippen LogP contribution is 2.21. The summed E-state index contributed by atoms with van der Waals surface area (Å²) in [6.45, 7) is 0. The Kier molecular flexibility index (Phi) is 4.21. The molecule has 2 aromatic rings. The number of benzene rings is 1. The fourth-order valence-electron chi connectivity index (χ4n) is 1.75. The lowest BCUT2D eigenvalue weighted by atomic mass is 10.1. The van der Waals surface area contributed by atoms with Gasteiger partial charge in [0.05, 0.1) is 0 Å². The van der Waals surface area contributed by atoms with Gasteiger partial charge in [-0.05, 0) is 29.8 Å². The molecule has 0 radical (unpaired) electrons. The summed E-state index contributed by atoms with van der Waals surface area (Å²) in [7, 11) is 0. The number of carboxylic acids is 1. The molecule has 1 aromatic carbocycles. The Morgan fingerprint density at radius 3 is 2.13 bits per heavy atom. The fraction of sp³-hybridized carbons (Fsp3) is 0.0714. The summed E-state index contributed by atoms with van der Waals surface area (Å²) in [6, 6.07) is 7.67. The molecule has 0 saturated heterocycles. The van der Waals surface area contributed by atoms with E-state index >= 15 is 0 Å². The van der Waals surface area contributed by atoms with Gasteiger partial charge in [-0.2, -0.15) is 13.2 Å². The van der Waals surface area contributed by atoms with Gasteiger partial charge in [-0.25, -0.2) is 4.79 Å². The third-order valence-electron chi connectivity index (χ3n) is 2.85. The maximum absolute atomic E-state index is 12.1. The van der Waals surface area contributed by atoms with E-state index in [0.717, 1.165) is 6.07 Å². The minimum atomic E-state index is -4.99. The van der Waals surface area contributed by atoms with Crippen molar-refractivity contribution < 1.29 is 27.9 Å². The minimum Gasteiger partial charge on any atom is -0.477 e. The number of pyridine rings is 1. The van der Waals surface area contributed by atoms with Crippen LogP contribution >= 0.6 is 0 Å². The van der Waals surface area contributed by atoms with Crippen molar-refractivity contribution in [1.82, 2.24) is 4.98 Å². The number of aromatic amines is 1. The topological polar surface area (TPSA) is 99.3 Å². The molecule has 1 aromatic heterocycles. The van der Waals surface area contributed by atoms with Crippen molar-refractivity contribution in [2.24, 2.45) is 0 Å². The molecule has 0 spiro atoms. The van der Waals surface area contributed by atoms with Gasteiger partial charge in [-0.15, -0.1) is 0 Å². The molecule has 0 saturated carbocycles. The molecule has 9 heteroatoms. The van der Waals surface area contributed by atoms with Crippen LogP contribution < -0.4 is 10.9 Å². The Hall–Kier alpha value is -3.10. The molecule has 6 nitrogen and oxygen atoms in total.